The number of hydrogen-bond donors (Lipinski definition) is 3. The molecular weight excluding hydrogens is 403 g/mol. The van der Waals surface area contributed by atoms with Gasteiger partial charge in [0.25, 0.3) is 0 Å². The zero-order chi connectivity index (χ0) is 21.9. The first kappa shape index (κ1) is 21.2. The van der Waals surface area contributed by atoms with Crippen LogP contribution in [0.3, 0.4) is 0 Å². The van der Waals surface area contributed by atoms with Crippen molar-refractivity contribution in [3.63, 3.8) is 0 Å². The van der Waals surface area contributed by atoms with Crippen LogP contribution in [0, 0.1) is 0 Å². The highest BCUT2D eigenvalue weighted by Gasteiger charge is 2.31. The zero-order valence-electron chi connectivity index (χ0n) is 15.7. The Labute approximate surface area is 169 Å². The van der Waals surface area contributed by atoms with E-state index in [0.29, 0.717) is 5.56 Å². The molecule has 1 aromatic heterocycles. The first-order chi connectivity index (χ1) is 14.1. The fourth-order valence-corrected chi connectivity index (χ4v) is 2.95. The van der Waals surface area contributed by atoms with Gasteiger partial charge in [-0.2, -0.15) is 0 Å². The van der Waals surface area contributed by atoms with E-state index in [0.717, 1.165) is 35.2 Å². The van der Waals surface area contributed by atoms with Crippen molar-refractivity contribution in [1.82, 2.24) is 9.88 Å². The van der Waals surface area contributed by atoms with Crippen molar-refractivity contribution in [1.29, 1.82) is 0 Å². The second-order valence-electron chi connectivity index (χ2n) is 6.46. The minimum atomic E-state index is -4.82. The third kappa shape index (κ3) is 5.09. The maximum Gasteiger partial charge on any atom is 0.573 e. The van der Waals surface area contributed by atoms with E-state index in [2.05, 4.69) is 15.4 Å². The molecule has 0 aliphatic heterocycles. The maximum atomic E-state index is 12.2. The first-order valence-electron chi connectivity index (χ1n) is 8.81. The molecule has 0 bridgehead atoms. The van der Waals surface area contributed by atoms with Gasteiger partial charge in [0.05, 0.1) is 6.10 Å². The summed E-state index contributed by atoms with van der Waals surface area (Å²) in [4.78, 5) is 24.0. The van der Waals surface area contributed by atoms with Gasteiger partial charge in [0.2, 0.25) is 0 Å². The molecule has 1 atom stereocenters. The van der Waals surface area contributed by atoms with E-state index in [1.165, 1.54) is 0 Å². The number of ether oxygens (including phenoxy) is 1. The average Bonchev–Trinajstić information content (AvgIpc) is 3.03. The van der Waals surface area contributed by atoms with E-state index in [1.54, 1.807) is 6.20 Å². The van der Waals surface area contributed by atoms with Crippen LogP contribution in [-0.2, 0) is 16.6 Å². The number of fused-ring (bicyclic) bond motifs is 1. The van der Waals surface area contributed by atoms with Crippen molar-refractivity contribution < 1.29 is 32.6 Å². The number of para-hydroxylation sites is 1. The number of halogens is 3. The van der Waals surface area contributed by atoms with Crippen LogP contribution in [0.2, 0.25) is 0 Å². The van der Waals surface area contributed by atoms with Crippen LogP contribution in [0.4, 0.5) is 18.9 Å². The summed E-state index contributed by atoms with van der Waals surface area (Å²) in [6.45, 7) is -0.196. The van der Waals surface area contributed by atoms with Crippen LogP contribution >= 0.6 is 0 Å². The van der Waals surface area contributed by atoms with Crippen LogP contribution in [0.1, 0.15) is 11.7 Å². The predicted octanol–water partition coefficient (Wildman–Crippen LogP) is 2.87. The van der Waals surface area contributed by atoms with Crippen LogP contribution < -0.4 is 15.4 Å². The molecule has 30 heavy (non-hydrogen) atoms. The molecule has 3 aromatic rings. The number of aryl methyl sites for hydroxylation is 1. The lowest BCUT2D eigenvalue weighted by Crippen LogP contribution is -2.37. The van der Waals surface area contributed by atoms with E-state index in [4.69, 9.17) is 0 Å². The molecule has 1 heterocycles. The van der Waals surface area contributed by atoms with Crippen molar-refractivity contribution in [2.45, 2.75) is 12.5 Å². The number of aromatic nitrogens is 1. The highest BCUT2D eigenvalue weighted by Crippen LogP contribution is 2.26. The van der Waals surface area contributed by atoms with Gasteiger partial charge in [0, 0.05) is 41.9 Å². The van der Waals surface area contributed by atoms with E-state index >= 15 is 0 Å². The SMILES string of the molecule is Cn1cc([C@@H](O)CNC(=O)C(=O)Nc2ccc(OC(F)(F)F)cc2)c2ccccc21. The Morgan fingerprint density at radius 1 is 1.10 bits per heavy atom. The minimum absolute atomic E-state index is 0.110. The Morgan fingerprint density at radius 2 is 1.77 bits per heavy atom. The van der Waals surface area contributed by atoms with Gasteiger partial charge in [-0.3, -0.25) is 9.59 Å². The molecule has 2 amide bonds. The van der Waals surface area contributed by atoms with Gasteiger partial charge < -0.3 is 25.0 Å². The van der Waals surface area contributed by atoms with E-state index < -0.39 is 30.0 Å². The summed E-state index contributed by atoms with van der Waals surface area (Å²) in [5, 5.41) is 15.8. The van der Waals surface area contributed by atoms with Gasteiger partial charge in [-0.05, 0) is 30.3 Å². The predicted molar refractivity (Wildman–Crippen MR) is 103 cm³/mol. The maximum absolute atomic E-state index is 12.2. The highest BCUT2D eigenvalue weighted by atomic mass is 19.4. The van der Waals surface area contributed by atoms with Crippen molar-refractivity contribution in [3.05, 3.63) is 60.3 Å². The molecular formula is C20H18F3N3O4. The van der Waals surface area contributed by atoms with Gasteiger partial charge in [-0.25, -0.2) is 0 Å². The lowest BCUT2D eigenvalue weighted by molar-refractivity contribution is -0.274. The Morgan fingerprint density at radius 3 is 2.43 bits per heavy atom. The van der Waals surface area contributed by atoms with Gasteiger partial charge in [-0.1, -0.05) is 18.2 Å². The van der Waals surface area contributed by atoms with Crippen molar-refractivity contribution in [2.75, 3.05) is 11.9 Å². The Balaban J connectivity index is 1.56. The summed E-state index contributed by atoms with van der Waals surface area (Å²) in [5.74, 6) is -2.47. The van der Waals surface area contributed by atoms with Gasteiger partial charge >= 0.3 is 18.2 Å². The number of amides is 2. The number of nitrogens with one attached hydrogen (secondary N) is 2. The molecule has 10 heteroatoms. The number of benzene rings is 2. The molecule has 0 aliphatic rings. The highest BCUT2D eigenvalue weighted by molar-refractivity contribution is 6.39. The lowest BCUT2D eigenvalue weighted by atomic mass is 10.1. The number of rotatable bonds is 5. The van der Waals surface area contributed by atoms with Gasteiger partial charge in [-0.15, -0.1) is 13.2 Å². The largest absolute Gasteiger partial charge is 0.573 e. The second kappa shape index (κ2) is 8.46. The number of alkyl halides is 3. The smallest absolute Gasteiger partial charge is 0.406 e. The first-order valence-corrected chi connectivity index (χ1v) is 8.81. The topological polar surface area (TPSA) is 92.6 Å². The molecule has 3 rings (SSSR count). The molecule has 0 saturated carbocycles. The third-order valence-electron chi connectivity index (χ3n) is 4.29. The average molecular weight is 421 g/mol. The lowest BCUT2D eigenvalue weighted by Gasteiger charge is -2.12. The molecule has 2 aromatic carbocycles. The van der Waals surface area contributed by atoms with E-state index in [1.807, 2.05) is 35.9 Å². The standard InChI is InChI=1S/C20H18F3N3O4/c1-26-11-15(14-4-2-3-5-16(14)26)17(27)10-24-18(28)19(29)25-12-6-8-13(9-7-12)30-20(21,22)23/h2-9,11,17,27H,10H2,1H3,(H,24,28)(H,25,29)/t17-/m0/s1. The quantitative estimate of drug-likeness (QED) is 0.553. The number of nitrogens with zero attached hydrogens (tertiary/aromatic N) is 1. The number of anilines is 1. The van der Waals surface area contributed by atoms with Crippen molar-refractivity contribution in [2.24, 2.45) is 7.05 Å². The number of carbonyl (C=O) groups excluding carboxylic acids is 2. The molecule has 0 fully saturated rings. The molecule has 158 valence electrons. The Bertz CT molecular complexity index is 1060. The molecule has 0 unspecified atom stereocenters. The fraction of sp³-hybridized carbons (Fsp3) is 0.200. The molecule has 0 spiro atoms. The summed E-state index contributed by atoms with van der Waals surface area (Å²) in [6, 6.07) is 11.8. The monoisotopic (exact) mass is 421 g/mol. The summed E-state index contributed by atoms with van der Waals surface area (Å²) in [7, 11) is 1.83. The third-order valence-corrected chi connectivity index (χ3v) is 4.29. The second-order valence-corrected chi connectivity index (χ2v) is 6.46. The Hall–Kier alpha value is -3.53. The normalized spacial score (nSPS) is 12.4. The fourth-order valence-electron chi connectivity index (χ4n) is 2.95. The van der Waals surface area contributed by atoms with Crippen molar-refractivity contribution in [3.8, 4) is 5.75 Å². The molecule has 0 radical (unpaired) electrons. The van der Waals surface area contributed by atoms with Crippen LogP contribution in [0.5, 0.6) is 5.75 Å². The van der Waals surface area contributed by atoms with Crippen LogP contribution in [-0.4, -0.2) is 34.4 Å². The molecule has 0 saturated heterocycles. The number of carbonyl (C=O) groups is 2. The summed E-state index contributed by atoms with van der Waals surface area (Å²) >= 11 is 0. The van der Waals surface area contributed by atoms with Crippen LogP contribution in [0.15, 0.2) is 54.7 Å². The van der Waals surface area contributed by atoms with Crippen LogP contribution in [0.25, 0.3) is 10.9 Å². The molecule has 3 N–H and O–H groups in total. The van der Waals surface area contributed by atoms with E-state index in [9.17, 15) is 27.9 Å². The summed E-state index contributed by atoms with van der Waals surface area (Å²) in [6.07, 6.45) is -4.12. The van der Waals surface area contributed by atoms with Crippen molar-refractivity contribution >= 4 is 28.4 Å². The number of hydrogen-bond acceptors (Lipinski definition) is 4. The number of aliphatic hydroxyl groups is 1. The molecule has 7 nitrogen and oxygen atoms in total. The number of aliphatic hydroxyl groups excluding tert-OH is 1. The van der Waals surface area contributed by atoms with Gasteiger partial charge in [0.1, 0.15) is 5.75 Å². The Kier molecular flexibility index (Phi) is 5.97. The van der Waals surface area contributed by atoms with E-state index in [-0.39, 0.29) is 12.2 Å². The van der Waals surface area contributed by atoms with Gasteiger partial charge in [0.15, 0.2) is 0 Å². The zero-order valence-corrected chi connectivity index (χ0v) is 15.7. The minimum Gasteiger partial charge on any atom is -0.406 e. The molecule has 0 aliphatic carbocycles. The summed E-state index contributed by atoms with van der Waals surface area (Å²) < 4.78 is 42.0. The summed E-state index contributed by atoms with van der Waals surface area (Å²) in [5.41, 5.74) is 1.63.